The smallest absolute Gasteiger partial charge is 0.322 e. The van der Waals surface area contributed by atoms with Crippen LogP contribution in [-0.2, 0) is 14.3 Å². The predicted octanol–water partition coefficient (Wildman–Crippen LogP) is 2.59. The Balaban J connectivity index is 1.23. The van der Waals surface area contributed by atoms with Gasteiger partial charge in [0.25, 0.3) is 0 Å². The molecule has 9 nitrogen and oxygen atoms in total. The maximum absolute atomic E-state index is 13.4. The van der Waals surface area contributed by atoms with Crippen LogP contribution in [0, 0.1) is 5.41 Å². The standard InChI is InChI=1S/C24H30Cl2N4O5/c1-14-22(33)30-16(9-21(32)28-7-6-24(4-5-24)20(31)11-28)12-35-13-17(30)10-29(14)23(34)27-15-2-3-18(25)19(26)8-15/h2-3,8,14,16-17,20,31H,4-7,9-13H2,1H3,(H,27,34). The zero-order valence-corrected chi connectivity index (χ0v) is 21.1. The second-order valence-corrected chi connectivity index (χ2v) is 11.0. The number of carbonyl (C=O) groups excluding carboxylic acids is 3. The fourth-order valence-corrected chi connectivity index (χ4v) is 5.84. The number of β-amino-alcohol motifs (C(OH)–C–C–N with tert-alkyl or cyclic N) is 1. The number of rotatable bonds is 3. The number of halogens is 2. The number of piperidine rings is 1. The van der Waals surface area contributed by atoms with E-state index in [1.807, 2.05) is 0 Å². The number of carbonyl (C=O) groups is 3. The second kappa shape index (κ2) is 9.42. The Morgan fingerprint density at radius 3 is 2.63 bits per heavy atom. The van der Waals surface area contributed by atoms with E-state index in [1.54, 1.807) is 34.9 Å². The molecule has 35 heavy (non-hydrogen) atoms. The molecule has 11 heteroatoms. The van der Waals surface area contributed by atoms with Gasteiger partial charge in [-0.1, -0.05) is 23.2 Å². The van der Waals surface area contributed by atoms with E-state index in [-0.39, 0.29) is 42.8 Å². The second-order valence-electron chi connectivity index (χ2n) is 10.2. The number of benzene rings is 1. The van der Waals surface area contributed by atoms with E-state index in [1.165, 1.54) is 4.90 Å². The zero-order valence-electron chi connectivity index (χ0n) is 19.6. The van der Waals surface area contributed by atoms with Gasteiger partial charge >= 0.3 is 6.03 Å². The van der Waals surface area contributed by atoms with E-state index in [2.05, 4.69) is 5.32 Å². The Hall–Kier alpha value is -2.07. The molecule has 190 valence electrons. The van der Waals surface area contributed by atoms with Crippen LogP contribution in [0.5, 0.6) is 0 Å². The van der Waals surface area contributed by atoms with E-state index >= 15 is 0 Å². The van der Waals surface area contributed by atoms with E-state index in [9.17, 15) is 19.5 Å². The molecule has 4 atom stereocenters. The number of aliphatic hydroxyl groups is 1. The van der Waals surface area contributed by atoms with E-state index in [0.717, 1.165) is 19.3 Å². The molecule has 0 aromatic heterocycles. The number of amides is 4. The number of morpholine rings is 1. The van der Waals surface area contributed by atoms with Gasteiger partial charge in [-0.3, -0.25) is 9.59 Å². The lowest BCUT2D eigenvalue weighted by Gasteiger charge is -2.50. The maximum atomic E-state index is 13.4. The molecule has 3 aliphatic heterocycles. The summed E-state index contributed by atoms with van der Waals surface area (Å²) in [6.07, 6.45) is 2.55. The van der Waals surface area contributed by atoms with Gasteiger partial charge in [0.05, 0.1) is 41.4 Å². The monoisotopic (exact) mass is 524 g/mol. The minimum absolute atomic E-state index is 0.0233. The summed E-state index contributed by atoms with van der Waals surface area (Å²) in [5.74, 6) is -0.281. The third-order valence-corrected chi connectivity index (χ3v) is 8.70. The normalized spacial score (nSPS) is 29.7. The number of anilines is 1. The lowest BCUT2D eigenvalue weighted by atomic mass is 9.90. The highest BCUT2D eigenvalue weighted by molar-refractivity contribution is 6.42. The lowest BCUT2D eigenvalue weighted by Crippen LogP contribution is -2.69. The maximum Gasteiger partial charge on any atom is 0.322 e. The number of likely N-dealkylation sites (tertiary alicyclic amines) is 1. The summed E-state index contributed by atoms with van der Waals surface area (Å²) in [5.41, 5.74) is 0.502. The first kappa shape index (κ1) is 24.6. The van der Waals surface area contributed by atoms with Gasteiger partial charge in [0.15, 0.2) is 0 Å². The van der Waals surface area contributed by atoms with Crippen molar-refractivity contribution in [2.45, 2.75) is 56.8 Å². The Labute approximate surface area is 214 Å². The van der Waals surface area contributed by atoms with Crippen molar-refractivity contribution in [3.8, 4) is 0 Å². The minimum atomic E-state index is -0.698. The van der Waals surface area contributed by atoms with Crippen LogP contribution in [0.25, 0.3) is 0 Å². The van der Waals surface area contributed by atoms with E-state index < -0.39 is 24.2 Å². The van der Waals surface area contributed by atoms with Gasteiger partial charge in [0, 0.05) is 31.7 Å². The van der Waals surface area contributed by atoms with Gasteiger partial charge in [0.1, 0.15) is 6.04 Å². The van der Waals surface area contributed by atoms with Crippen molar-refractivity contribution in [3.05, 3.63) is 28.2 Å². The minimum Gasteiger partial charge on any atom is -0.391 e. The van der Waals surface area contributed by atoms with Gasteiger partial charge in [-0.2, -0.15) is 0 Å². The molecular formula is C24H30Cl2N4O5. The Kier molecular flexibility index (Phi) is 6.63. The van der Waals surface area contributed by atoms with E-state index in [4.69, 9.17) is 27.9 Å². The topological polar surface area (TPSA) is 102 Å². The summed E-state index contributed by atoms with van der Waals surface area (Å²) in [7, 11) is 0. The van der Waals surface area contributed by atoms with Crippen LogP contribution < -0.4 is 5.32 Å². The number of urea groups is 1. The van der Waals surface area contributed by atoms with Gasteiger partial charge in [-0.05, 0) is 49.8 Å². The van der Waals surface area contributed by atoms with Crippen LogP contribution in [0.2, 0.25) is 10.0 Å². The van der Waals surface area contributed by atoms with Crippen molar-refractivity contribution in [2.24, 2.45) is 5.41 Å². The highest BCUT2D eigenvalue weighted by Gasteiger charge is 2.52. The molecule has 4 fully saturated rings. The van der Waals surface area contributed by atoms with Crippen LogP contribution >= 0.6 is 23.2 Å². The number of nitrogens with zero attached hydrogens (tertiary/aromatic N) is 3. The molecule has 1 aromatic rings. The average Bonchev–Trinajstić information content (AvgIpc) is 3.61. The molecular weight excluding hydrogens is 495 g/mol. The molecule has 5 rings (SSSR count). The number of fused-ring (bicyclic) bond motifs is 1. The molecule has 4 amide bonds. The zero-order chi connectivity index (χ0) is 24.9. The van der Waals surface area contributed by atoms with Crippen molar-refractivity contribution in [2.75, 3.05) is 38.2 Å². The molecule has 3 saturated heterocycles. The number of hydrogen-bond acceptors (Lipinski definition) is 5. The summed E-state index contributed by atoms with van der Waals surface area (Å²) < 4.78 is 5.76. The number of nitrogens with one attached hydrogen (secondary N) is 1. The lowest BCUT2D eigenvalue weighted by molar-refractivity contribution is -0.161. The van der Waals surface area contributed by atoms with Crippen LogP contribution in [0.3, 0.4) is 0 Å². The third-order valence-electron chi connectivity index (χ3n) is 7.96. The summed E-state index contributed by atoms with van der Waals surface area (Å²) in [6, 6.07) is 2.93. The third kappa shape index (κ3) is 4.71. The first-order chi connectivity index (χ1) is 16.7. The molecule has 3 heterocycles. The van der Waals surface area contributed by atoms with Gasteiger partial charge in [-0.15, -0.1) is 0 Å². The van der Waals surface area contributed by atoms with Crippen molar-refractivity contribution in [1.82, 2.24) is 14.7 Å². The van der Waals surface area contributed by atoms with Gasteiger partial charge < -0.3 is 29.9 Å². The number of hydrogen-bond donors (Lipinski definition) is 2. The van der Waals surface area contributed by atoms with Crippen molar-refractivity contribution < 1.29 is 24.2 Å². The van der Waals surface area contributed by atoms with Crippen LogP contribution in [0.15, 0.2) is 18.2 Å². The summed E-state index contributed by atoms with van der Waals surface area (Å²) in [5, 5.41) is 13.9. The molecule has 0 bridgehead atoms. The first-order valence-electron chi connectivity index (χ1n) is 12.1. The molecule has 4 aliphatic rings. The van der Waals surface area contributed by atoms with Crippen molar-refractivity contribution >= 4 is 46.7 Å². The number of ether oxygens (including phenoxy) is 1. The molecule has 1 spiro atoms. The Morgan fingerprint density at radius 2 is 1.94 bits per heavy atom. The highest BCUT2D eigenvalue weighted by Crippen LogP contribution is 2.53. The highest BCUT2D eigenvalue weighted by atomic mass is 35.5. The number of aliphatic hydroxyl groups excluding tert-OH is 1. The van der Waals surface area contributed by atoms with E-state index in [0.29, 0.717) is 35.4 Å². The average molecular weight is 525 g/mol. The molecule has 1 saturated carbocycles. The van der Waals surface area contributed by atoms with Crippen LogP contribution in [0.1, 0.15) is 32.6 Å². The molecule has 4 unspecified atom stereocenters. The van der Waals surface area contributed by atoms with Crippen molar-refractivity contribution in [3.63, 3.8) is 0 Å². The predicted molar refractivity (Wildman–Crippen MR) is 130 cm³/mol. The number of piperazine rings is 1. The molecule has 1 aliphatic carbocycles. The quantitative estimate of drug-likeness (QED) is 0.632. The van der Waals surface area contributed by atoms with Crippen molar-refractivity contribution in [1.29, 1.82) is 0 Å². The largest absolute Gasteiger partial charge is 0.391 e. The van der Waals surface area contributed by atoms with Crippen LogP contribution in [-0.4, -0.2) is 94.7 Å². The summed E-state index contributed by atoms with van der Waals surface area (Å²) in [4.78, 5) is 44.4. The fourth-order valence-electron chi connectivity index (χ4n) is 5.54. The molecule has 0 radical (unpaired) electrons. The Bertz CT molecular complexity index is 1040. The summed E-state index contributed by atoms with van der Waals surface area (Å²) in [6.45, 7) is 3.54. The molecule has 1 aromatic carbocycles. The Morgan fingerprint density at radius 1 is 1.17 bits per heavy atom. The first-order valence-corrected chi connectivity index (χ1v) is 12.8. The van der Waals surface area contributed by atoms with Gasteiger partial charge in [-0.25, -0.2) is 4.79 Å². The van der Waals surface area contributed by atoms with Gasteiger partial charge in [0.2, 0.25) is 11.8 Å². The molecule has 2 N–H and O–H groups in total. The van der Waals surface area contributed by atoms with Crippen LogP contribution in [0.4, 0.5) is 10.5 Å². The summed E-state index contributed by atoms with van der Waals surface area (Å²) >= 11 is 12.0. The SMILES string of the molecule is CC1C(=O)N2C(CC(=O)N3CCC4(CC4)C(O)C3)COCC2CN1C(=O)Nc1ccc(Cl)c(Cl)c1. The fraction of sp³-hybridized carbons (Fsp3) is 0.625.